The zero-order valence-electron chi connectivity index (χ0n) is 9.95. The molecule has 0 aromatic heterocycles. The fourth-order valence-corrected chi connectivity index (χ4v) is 1.39. The van der Waals surface area contributed by atoms with Gasteiger partial charge < -0.3 is 15.3 Å². The van der Waals surface area contributed by atoms with E-state index in [1.54, 1.807) is 14.2 Å². The third kappa shape index (κ3) is 9.68. The molecule has 14 heavy (non-hydrogen) atoms. The van der Waals surface area contributed by atoms with Crippen molar-refractivity contribution in [3.63, 3.8) is 0 Å². The highest BCUT2D eigenvalue weighted by molar-refractivity contribution is 5.53. The van der Waals surface area contributed by atoms with E-state index in [1.807, 2.05) is 13.8 Å². The van der Waals surface area contributed by atoms with Gasteiger partial charge in [-0.05, 0) is 19.3 Å². The van der Waals surface area contributed by atoms with Crippen molar-refractivity contribution in [1.29, 1.82) is 0 Å². The van der Waals surface area contributed by atoms with Gasteiger partial charge in [-0.1, -0.05) is 20.3 Å². The van der Waals surface area contributed by atoms with Crippen molar-refractivity contribution in [1.82, 2.24) is 0 Å². The minimum Gasteiger partial charge on any atom is -0.388 e. The molecule has 2 atom stereocenters. The van der Waals surface area contributed by atoms with E-state index in [0.29, 0.717) is 0 Å². The lowest BCUT2D eigenvalue weighted by Crippen LogP contribution is -2.28. The highest BCUT2D eigenvalue weighted by atomic mass is 16.4. The van der Waals surface area contributed by atoms with Gasteiger partial charge in [-0.15, -0.1) is 0 Å². The molecule has 0 aliphatic heterocycles. The predicted octanol–water partition coefficient (Wildman–Crippen LogP) is 1.99. The van der Waals surface area contributed by atoms with Crippen LogP contribution in [0.25, 0.3) is 0 Å². The van der Waals surface area contributed by atoms with Gasteiger partial charge in [0.25, 0.3) is 0 Å². The summed E-state index contributed by atoms with van der Waals surface area (Å²) in [5, 5.41) is 0. The van der Waals surface area contributed by atoms with Crippen LogP contribution in [-0.2, 0) is 9.53 Å². The van der Waals surface area contributed by atoms with Gasteiger partial charge in [0.1, 0.15) is 6.29 Å². The zero-order valence-corrected chi connectivity index (χ0v) is 9.95. The average molecular weight is 203 g/mol. The molecule has 0 radical (unpaired) electrons. The Hall–Kier alpha value is -0.410. The fourth-order valence-electron chi connectivity index (χ4n) is 1.39. The molecular weight excluding hydrogens is 178 g/mol. The molecular formula is C11H25NO2. The minimum atomic E-state index is 0.258. The Morgan fingerprint density at radius 3 is 2.07 bits per heavy atom. The molecule has 3 nitrogen and oxygen atoms in total. The lowest BCUT2D eigenvalue weighted by atomic mass is 9.87. The Morgan fingerprint density at radius 1 is 1.29 bits per heavy atom. The highest BCUT2D eigenvalue weighted by Crippen LogP contribution is 2.20. The second-order valence-corrected chi connectivity index (χ2v) is 3.23. The fraction of sp³-hybridized carbons (Fsp3) is 0.909. The molecule has 0 aromatic carbocycles. The van der Waals surface area contributed by atoms with Gasteiger partial charge in [0, 0.05) is 26.2 Å². The Bertz CT molecular complexity index is 118. The van der Waals surface area contributed by atoms with Gasteiger partial charge in [-0.25, -0.2) is 0 Å². The summed E-state index contributed by atoms with van der Waals surface area (Å²) >= 11 is 0. The first kappa shape index (κ1) is 16.0. The molecule has 0 heterocycles. The van der Waals surface area contributed by atoms with Crippen LogP contribution in [0.5, 0.6) is 0 Å². The average Bonchev–Trinajstić information content (AvgIpc) is 2.22. The SMILES string of the molecule is CC.COC.NC1CCCC(C=O)C1. The molecule has 2 N–H and O–H groups in total. The Morgan fingerprint density at radius 2 is 1.79 bits per heavy atom. The maximum atomic E-state index is 10.2. The molecule has 1 saturated carbocycles. The van der Waals surface area contributed by atoms with Crippen LogP contribution in [0.15, 0.2) is 0 Å². The highest BCUT2D eigenvalue weighted by Gasteiger charge is 2.17. The van der Waals surface area contributed by atoms with E-state index < -0.39 is 0 Å². The van der Waals surface area contributed by atoms with Crippen molar-refractivity contribution in [2.45, 2.75) is 45.6 Å². The predicted molar refractivity (Wildman–Crippen MR) is 60.3 cm³/mol. The van der Waals surface area contributed by atoms with Crippen molar-refractivity contribution in [2.75, 3.05) is 14.2 Å². The standard InChI is InChI=1S/C7H13NO.C2H6O.C2H6/c8-7-3-1-2-6(4-7)5-9;1-3-2;1-2/h5-7H,1-4,8H2;1-2H3;1-2H3. The molecule has 1 aliphatic rings. The summed E-state index contributed by atoms with van der Waals surface area (Å²) in [5.41, 5.74) is 5.64. The Balaban J connectivity index is 0. The van der Waals surface area contributed by atoms with E-state index in [0.717, 1.165) is 32.0 Å². The van der Waals surface area contributed by atoms with E-state index >= 15 is 0 Å². The number of methoxy groups -OCH3 is 1. The third-order valence-electron chi connectivity index (χ3n) is 1.95. The van der Waals surface area contributed by atoms with Crippen LogP contribution in [0.1, 0.15) is 39.5 Å². The molecule has 0 amide bonds. The molecule has 1 rings (SSSR count). The van der Waals surface area contributed by atoms with Crippen LogP contribution in [0, 0.1) is 5.92 Å². The summed E-state index contributed by atoms with van der Waals surface area (Å²) in [6.07, 6.45) is 5.23. The topological polar surface area (TPSA) is 52.3 Å². The van der Waals surface area contributed by atoms with E-state index in [9.17, 15) is 4.79 Å². The van der Waals surface area contributed by atoms with Crippen LogP contribution in [-0.4, -0.2) is 26.5 Å². The van der Waals surface area contributed by atoms with Gasteiger partial charge in [0.15, 0.2) is 0 Å². The largest absolute Gasteiger partial charge is 0.388 e. The molecule has 1 aliphatic carbocycles. The number of hydrogen-bond acceptors (Lipinski definition) is 3. The molecule has 0 bridgehead atoms. The van der Waals surface area contributed by atoms with E-state index in [-0.39, 0.29) is 12.0 Å². The summed E-state index contributed by atoms with van der Waals surface area (Å²) in [4.78, 5) is 10.2. The monoisotopic (exact) mass is 203 g/mol. The maximum Gasteiger partial charge on any atom is 0.123 e. The summed E-state index contributed by atoms with van der Waals surface area (Å²) in [6, 6.07) is 0.286. The lowest BCUT2D eigenvalue weighted by molar-refractivity contribution is -0.112. The quantitative estimate of drug-likeness (QED) is 0.663. The number of ether oxygens (including phenoxy) is 1. The van der Waals surface area contributed by atoms with E-state index in [1.165, 1.54) is 0 Å². The molecule has 0 aromatic rings. The smallest absolute Gasteiger partial charge is 0.123 e. The van der Waals surface area contributed by atoms with Crippen molar-refractivity contribution in [2.24, 2.45) is 11.7 Å². The molecule has 3 heteroatoms. The zero-order chi connectivity index (χ0) is 11.4. The van der Waals surface area contributed by atoms with Crippen LogP contribution >= 0.6 is 0 Å². The normalized spacial score (nSPS) is 24.9. The van der Waals surface area contributed by atoms with Crippen molar-refractivity contribution < 1.29 is 9.53 Å². The minimum absolute atomic E-state index is 0.258. The Labute approximate surface area is 88.0 Å². The second kappa shape index (κ2) is 12.6. The van der Waals surface area contributed by atoms with Gasteiger partial charge in [-0.2, -0.15) is 0 Å². The number of rotatable bonds is 1. The Kier molecular flexibility index (Phi) is 14.4. The molecule has 0 spiro atoms. The van der Waals surface area contributed by atoms with Gasteiger partial charge in [0.05, 0.1) is 0 Å². The molecule has 86 valence electrons. The summed E-state index contributed by atoms with van der Waals surface area (Å²) in [7, 11) is 3.25. The summed E-state index contributed by atoms with van der Waals surface area (Å²) in [6.45, 7) is 4.00. The molecule has 0 saturated heterocycles. The van der Waals surface area contributed by atoms with Crippen LogP contribution in [0.4, 0.5) is 0 Å². The van der Waals surface area contributed by atoms with Gasteiger partial charge in [0.2, 0.25) is 0 Å². The first-order valence-electron chi connectivity index (χ1n) is 5.35. The van der Waals surface area contributed by atoms with Crippen molar-refractivity contribution >= 4 is 6.29 Å². The molecule has 2 unspecified atom stereocenters. The van der Waals surface area contributed by atoms with Crippen LogP contribution < -0.4 is 5.73 Å². The van der Waals surface area contributed by atoms with E-state index in [4.69, 9.17) is 5.73 Å². The van der Waals surface area contributed by atoms with Crippen LogP contribution in [0.2, 0.25) is 0 Å². The van der Waals surface area contributed by atoms with Gasteiger partial charge >= 0.3 is 0 Å². The summed E-state index contributed by atoms with van der Waals surface area (Å²) < 4.78 is 4.25. The van der Waals surface area contributed by atoms with Gasteiger partial charge in [-0.3, -0.25) is 0 Å². The van der Waals surface area contributed by atoms with Crippen molar-refractivity contribution in [3.8, 4) is 0 Å². The first-order chi connectivity index (χ1) is 6.74. The second-order valence-electron chi connectivity index (χ2n) is 3.23. The maximum absolute atomic E-state index is 10.2. The number of aldehydes is 1. The lowest BCUT2D eigenvalue weighted by Gasteiger charge is -2.21. The third-order valence-corrected chi connectivity index (χ3v) is 1.95. The number of hydrogen-bond donors (Lipinski definition) is 1. The summed E-state index contributed by atoms with van der Waals surface area (Å²) in [5.74, 6) is 0.258. The van der Waals surface area contributed by atoms with Crippen molar-refractivity contribution in [3.05, 3.63) is 0 Å². The number of carbonyl (C=O) groups excluding carboxylic acids is 1. The van der Waals surface area contributed by atoms with Crippen LogP contribution in [0.3, 0.4) is 0 Å². The van der Waals surface area contributed by atoms with E-state index in [2.05, 4.69) is 4.74 Å². The first-order valence-corrected chi connectivity index (χ1v) is 5.35. The molecule has 1 fully saturated rings. The number of nitrogens with two attached hydrogens (primary N) is 1. The number of carbonyl (C=O) groups is 1.